The molecule has 1 aliphatic heterocycles. The topological polar surface area (TPSA) is 59.0 Å². The van der Waals surface area contributed by atoms with Gasteiger partial charge in [-0.25, -0.2) is 0 Å². The lowest BCUT2D eigenvalue weighted by atomic mass is 10.1. The molecular formula is C13H12N2O3. The lowest BCUT2D eigenvalue weighted by Crippen LogP contribution is -2.24. The van der Waals surface area contributed by atoms with Gasteiger partial charge in [0.2, 0.25) is 0 Å². The Morgan fingerprint density at radius 3 is 2.33 bits per heavy atom. The molecule has 1 aromatic rings. The average molecular weight is 244 g/mol. The SMILES string of the molecule is C=CCOC/C=N/N1C(=O)c2ccccc2C1=O. The molecule has 1 heterocycles. The molecule has 18 heavy (non-hydrogen) atoms. The number of ether oxygens (including phenoxy) is 1. The van der Waals surface area contributed by atoms with Crippen LogP contribution >= 0.6 is 0 Å². The van der Waals surface area contributed by atoms with Crippen LogP contribution < -0.4 is 0 Å². The summed E-state index contributed by atoms with van der Waals surface area (Å²) in [5.74, 6) is -0.814. The quantitative estimate of drug-likeness (QED) is 0.341. The number of hydrazone groups is 1. The maximum absolute atomic E-state index is 11.9. The zero-order valence-corrected chi connectivity index (χ0v) is 9.70. The van der Waals surface area contributed by atoms with Crippen LogP contribution in [0.4, 0.5) is 0 Å². The van der Waals surface area contributed by atoms with Crippen LogP contribution in [0.15, 0.2) is 42.0 Å². The molecule has 0 N–H and O–H groups in total. The van der Waals surface area contributed by atoms with E-state index in [1.807, 2.05) is 0 Å². The molecule has 2 rings (SSSR count). The van der Waals surface area contributed by atoms with Crippen LogP contribution in [0.3, 0.4) is 0 Å². The van der Waals surface area contributed by atoms with E-state index in [4.69, 9.17) is 4.74 Å². The molecule has 0 saturated carbocycles. The van der Waals surface area contributed by atoms with E-state index in [9.17, 15) is 9.59 Å². The molecule has 0 atom stereocenters. The Balaban J connectivity index is 2.07. The predicted molar refractivity (Wildman–Crippen MR) is 66.5 cm³/mol. The van der Waals surface area contributed by atoms with E-state index in [2.05, 4.69) is 11.7 Å². The number of hydrogen-bond acceptors (Lipinski definition) is 4. The van der Waals surface area contributed by atoms with Crippen molar-refractivity contribution in [3.05, 3.63) is 48.0 Å². The molecule has 0 aromatic heterocycles. The van der Waals surface area contributed by atoms with E-state index >= 15 is 0 Å². The molecule has 1 aliphatic rings. The van der Waals surface area contributed by atoms with E-state index in [0.29, 0.717) is 17.7 Å². The normalized spacial score (nSPS) is 14.3. The van der Waals surface area contributed by atoms with Crippen molar-refractivity contribution in [2.45, 2.75) is 0 Å². The maximum atomic E-state index is 11.9. The molecule has 0 radical (unpaired) electrons. The van der Waals surface area contributed by atoms with Gasteiger partial charge in [0.25, 0.3) is 11.8 Å². The standard InChI is InChI=1S/C13H12N2O3/c1-2-8-18-9-7-14-15-12(16)10-5-3-4-6-11(10)13(15)17/h2-7H,1,8-9H2/b14-7+. The summed E-state index contributed by atoms with van der Waals surface area (Å²) in [6, 6.07) is 6.65. The first-order chi connectivity index (χ1) is 8.75. The molecule has 0 unspecified atom stereocenters. The second-order valence-electron chi connectivity index (χ2n) is 3.59. The second kappa shape index (κ2) is 5.37. The Morgan fingerprint density at radius 1 is 1.17 bits per heavy atom. The van der Waals surface area contributed by atoms with Gasteiger partial charge in [-0.15, -0.1) is 6.58 Å². The third-order valence-electron chi connectivity index (χ3n) is 2.40. The van der Waals surface area contributed by atoms with E-state index in [0.717, 1.165) is 5.01 Å². The Kier molecular flexibility index (Phi) is 3.64. The van der Waals surface area contributed by atoms with Gasteiger partial charge >= 0.3 is 0 Å². The van der Waals surface area contributed by atoms with Crippen molar-refractivity contribution < 1.29 is 14.3 Å². The molecular weight excluding hydrogens is 232 g/mol. The fourth-order valence-electron chi connectivity index (χ4n) is 1.60. The zero-order chi connectivity index (χ0) is 13.0. The molecule has 0 bridgehead atoms. The number of hydrogen-bond donors (Lipinski definition) is 0. The molecule has 5 nitrogen and oxygen atoms in total. The molecule has 2 amide bonds. The minimum absolute atomic E-state index is 0.222. The van der Waals surface area contributed by atoms with E-state index < -0.39 is 11.8 Å². The highest BCUT2D eigenvalue weighted by Crippen LogP contribution is 2.22. The van der Waals surface area contributed by atoms with Crippen molar-refractivity contribution in [2.75, 3.05) is 13.2 Å². The third-order valence-corrected chi connectivity index (χ3v) is 2.40. The Bertz CT molecular complexity index is 488. The van der Waals surface area contributed by atoms with Gasteiger partial charge in [-0.1, -0.05) is 18.2 Å². The van der Waals surface area contributed by atoms with Crippen molar-refractivity contribution in [3.8, 4) is 0 Å². The van der Waals surface area contributed by atoms with Crippen LogP contribution in [0.5, 0.6) is 0 Å². The van der Waals surface area contributed by atoms with E-state index in [-0.39, 0.29) is 6.61 Å². The number of nitrogens with zero attached hydrogens (tertiary/aromatic N) is 2. The van der Waals surface area contributed by atoms with Gasteiger partial charge in [-0.2, -0.15) is 10.1 Å². The van der Waals surface area contributed by atoms with E-state index in [1.54, 1.807) is 30.3 Å². The lowest BCUT2D eigenvalue weighted by Gasteiger charge is -2.05. The summed E-state index contributed by atoms with van der Waals surface area (Å²) in [6.45, 7) is 4.12. The van der Waals surface area contributed by atoms with Gasteiger partial charge in [-0.3, -0.25) is 9.59 Å². The van der Waals surface area contributed by atoms with Crippen molar-refractivity contribution in [1.29, 1.82) is 0 Å². The van der Waals surface area contributed by atoms with Crippen molar-refractivity contribution in [1.82, 2.24) is 5.01 Å². The predicted octanol–water partition coefficient (Wildman–Crippen LogP) is 1.47. The summed E-state index contributed by atoms with van der Waals surface area (Å²) in [5.41, 5.74) is 0.762. The Hall–Kier alpha value is -2.27. The molecule has 0 fully saturated rings. The fourth-order valence-corrected chi connectivity index (χ4v) is 1.60. The minimum atomic E-state index is -0.407. The average Bonchev–Trinajstić information content (AvgIpc) is 2.64. The zero-order valence-electron chi connectivity index (χ0n) is 9.70. The van der Waals surface area contributed by atoms with Gasteiger partial charge in [0, 0.05) is 0 Å². The smallest absolute Gasteiger partial charge is 0.282 e. The summed E-state index contributed by atoms with van der Waals surface area (Å²) < 4.78 is 5.07. The molecule has 92 valence electrons. The van der Waals surface area contributed by atoms with Crippen LogP contribution in [-0.2, 0) is 4.74 Å². The van der Waals surface area contributed by atoms with Crippen LogP contribution in [-0.4, -0.2) is 36.3 Å². The number of amides is 2. The van der Waals surface area contributed by atoms with Crippen LogP contribution in [0.2, 0.25) is 0 Å². The monoisotopic (exact) mass is 244 g/mol. The van der Waals surface area contributed by atoms with Gasteiger partial charge in [0.05, 0.1) is 30.6 Å². The first-order valence-corrected chi connectivity index (χ1v) is 5.44. The number of imide groups is 1. The summed E-state index contributed by atoms with van der Waals surface area (Å²) in [6.07, 6.45) is 2.99. The first-order valence-electron chi connectivity index (χ1n) is 5.44. The fraction of sp³-hybridized carbons (Fsp3) is 0.154. The number of rotatable bonds is 5. The molecule has 0 aliphatic carbocycles. The van der Waals surface area contributed by atoms with Gasteiger partial charge in [-0.05, 0) is 12.1 Å². The minimum Gasteiger partial charge on any atom is -0.372 e. The van der Waals surface area contributed by atoms with Crippen LogP contribution in [0.25, 0.3) is 0 Å². The summed E-state index contributed by atoms with van der Waals surface area (Å²) in [5, 5.41) is 4.67. The first kappa shape index (κ1) is 12.2. The maximum Gasteiger partial charge on any atom is 0.282 e. The molecule has 0 saturated heterocycles. The van der Waals surface area contributed by atoms with Crippen LogP contribution in [0.1, 0.15) is 20.7 Å². The highest BCUT2D eigenvalue weighted by Gasteiger charge is 2.34. The van der Waals surface area contributed by atoms with Crippen molar-refractivity contribution in [3.63, 3.8) is 0 Å². The number of benzene rings is 1. The molecule has 0 spiro atoms. The second-order valence-corrected chi connectivity index (χ2v) is 3.59. The molecule has 1 aromatic carbocycles. The Morgan fingerprint density at radius 2 is 1.78 bits per heavy atom. The number of fused-ring (bicyclic) bond motifs is 1. The summed E-state index contributed by atoms with van der Waals surface area (Å²) in [4.78, 5) is 23.7. The van der Waals surface area contributed by atoms with Gasteiger partial charge in [0.1, 0.15) is 0 Å². The number of carbonyl (C=O) groups is 2. The van der Waals surface area contributed by atoms with Crippen LogP contribution in [0, 0.1) is 0 Å². The highest BCUT2D eigenvalue weighted by molar-refractivity contribution is 6.21. The van der Waals surface area contributed by atoms with Gasteiger partial charge < -0.3 is 4.74 Å². The van der Waals surface area contributed by atoms with Crippen molar-refractivity contribution >= 4 is 18.0 Å². The third kappa shape index (κ3) is 2.21. The summed E-state index contributed by atoms with van der Waals surface area (Å²) in [7, 11) is 0. The summed E-state index contributed by atoms with van der Waals surface area (Å²) >= 11 is 0. The van der Waals surface area contributed by atoms with E-state index in [1.165, 1.54) is 6.21 Å². The van der Waals surface area contributed by atoms with Gasteiger partial charge in [0.15, 0.2) is 0 Å². The largest absolute Gasteiger partial charge is 0.372 e. The number of carbonyl (C=O) groups excluding carboxylic acids is 2. The highest BCUT2D eigenvalue weighted by atomic mass is 16.5. The van der Waals surface area contributed by atoms with Crippen molar-refractivity contribution in [2.24, 2.45) is 5.10 Å². The Labute approximate surface area is 104 Å². The lowest BCUT2D eigenvalue weighted by molar-refractivity contribution is 0.0658. The molecule has 5 heteroatoms.